The van der Waals surface area contributed by atoms with Crippen LogP contribution in [0, 0.1) is 13.8 Å². The molecule has 0 amide bonds. The summed E-state index contributed by atoms with van der Waals surface area (Å²) in [4.78, 5) is 3.75. The number of aromatic nitrogens is 2. The van der Waals surface area contributed by atoms with E-state index < -0.39 is 0 Å². The first-order chi connectivity index (χ1) is 19.1. The predicted octanol–water partition coefficient (Wildman–Crippen LogP) is 10.6. The van der Waals surface area contributed by atoms with Crippen LogP contribution in [0.3, 0.4) is 0 Å². The highest BCUT2D eigenvalue weighted by Crippen LogP contribution is 2.45. The van der Waals surface area contributed by atoms with E-state index in [0.29, 0.717) is 0 Å². The van der Waals surface area contributed by atoms with E-state index in [1.165, 1.54) is 91.4 Å². The van der Waals surface area contributed by atoms with Crippen molar-refractivity contribution in [3.63, 3.8) is 0 Å². The molecule has 0 fully saturated rings. The van der Waals surface area contributed by atoms with Gasteiger partial charge in [-0.25, -0.2) is 0 Å². The molecule has 0 spiro atoms. The summed E-state index contributed by atoms with van der Waals surface area (Å²) in [5.74, 6) is 0. The van der Waals surface area contributed by atoms with Crippen LogP contribution in [0.5, 0.6) is 0 Å². The minimum atomic E-state index is 1.19. The van der Waals surface area contributed by atoms with Gasteiger partial charge < -0.3 is 9.55 Å². The maximum atomic E-state index is 3.75. The Bertz CT molecular complexity index is 2450. The minimum Gasteiger partial charge on any atom is -0.354 e. The third kappa shape index (κ3) is 2.85. The SMILES string of the molecule is Cc1cc(C)cc(-n2c3cc4sc5ccc6c7ccccc7[nH]c6c5c4cc3c3ccc4ccccc4c32)c1. The summed E-state index contributed by atoms with van der Waals surface area (Å²) in [7, 11) is 0. The lowest BCUT2D eigenvalue weighted by Crippen LogP contribution is -1.96. The summed E-state index contributed by atoms with van der Waals surface area (Å²) in [5.41, 5.74) is 8.77. The van der Waals surface area contributed by atoms with E-state index in [0.717, 1.165) is 0 Å². The fourth-order valence-electron chi connectivity index (χ4n) is 6.80. The molecule has 184 valence electrons. The Morgan fingerprint density at radius 1 is 0.590 bits per heavy atom. The molecule has 3 aromatic heterocycles. The summed E-state index contributed by atoms with van der Waals surface area (Å²) >= 11 is 1.89. The van der Waals surface area contributed by atoms with Crippen molar-refractivity contribution in [1.29, 1.82) is 0 Å². The van der Waals surface area contributed by atoms with Crippen molar-refractivity contribution in [3.05, 3.63) is 114 Å². The summed E-state index contributed by atoms with van der Waals surface area (Å²) in [6, 6.07) is 38.3. The molecule has 0 radical (unpaired) electrons. The number of thiophene rings is 1. The predicted molar refractivity (Wildman–Crippen MR) is 170 cm³/mol. The number of hydrogen-bond donors (Lipinski definition) is 1. The maximum absolute atomic E-state index is 3.75. The Morgan fingerprint density at radius 2 is 1.36 bits per heavy atom. The van der Waals surface area contributed by atoms with Crippen LogP contribution in [0.1, 0.15) is 11.1 Å². The first-order valence-corrected chi connectivity index (χ1v) is 14.3. The Balaban J connectivity index is 1.50. The highest BCUT2D eigenvalue weighted by Gasteiger charge is 2.19. The molecule has 0 aliphatic rings. The van der Waals surface area contributed by atoms with Crippen LogP contribution in [0.25, 0.3) is 80.2 Å². The average Bonchev–Trinajstić information content (AvgIpc) is 3.60. The summed E-state index contributed by atoms with van der Waals surface area (Å²) < 4.78 is 5.14. The number of nitrogens with one attached hydrogen (secondary N) is 1. The van der Waals surface area contributed by atoms with Gasteiger partial charge >= 0.3 is 0 Å². The Morgan fingerprint density at radius 3 is 2.23 bits per heavy atom. The Labute approximate surface area is 228 Å². The average molecular weight is 517 g/mol. The third-order valence-electron chi connectivity index (χ3n) is 8.35. The van der Waals surface area contributed by atoms with E-state index >= 15 is 0 Å². The van der Waals surface area contributed by atoms with Gasteiger partial charge in [-0.2, -0.15) is 0 Å². The normalized spacial score (nSPS) is 12.4. The molecule has 9 rings (SSSR count). The third-order valence-corrected chi connectivity index (χ3v) is 9.47. The van der Waals surface area contributed by atoms with Crippen LogP contribution in [-0.4, -0.2) is 9.55 Å². The van der Waals surface area contributed by atoms with Gasteiger partial charge in [0.05, 0.1) is 16.6 Å². The number of para-hydroxylation sites is 1. The second-order valence-electron chi connectivity index (χ2n) is 10.9. The second kappa shape index (κ2) is 7.49. The van der Waals surface area contributed by atoms with Gasteiger partial charge in [0.15, 0.2) is 0 Å². The molecule has 39 heavy (non-hydrogen) atoms. The number of rotatable bonds is 1. The minimum absolute atomic E-state index is 1.19. The number of H-pyrrole nitrogens is 1. The number of fused-ring (bicyclic) bond motifs is 12. The molecule has 0 saturated carbocycles. The van der Waals surface area contributed by atoms with Crippen molar-refractivity contribution in [2.24, 2.45) is 0 Å². The van der Waals surface area contributed by atoms with E-state index in [2.05, 4.69) is 127 Å². The van der Waals surface area contributed by atoms with Crippen molar-refractivity contribution >= 4 is 85.9 Å². The van der Waals surface area contributed by atoms with Gasteiger partial charge in [0.25, 0.3) is 0 Å². The molecule has 0 bridgehead atoms. The summed E-state index contributed by atoms with van der Waals surface area (Å²) in [6.45, 7) is 4.39. The molecule has 0 aliphatic carbocycles. The van der Waals surface area contributed by atoms with E-state index in [9.17, 15) is 0 Å². The van der Waals surface area contributed by atoms with E-state index in [1.54, 1.807) is 0 Å². The van der Waals surface area contributed by atoms with Gasteiger partial charge in [-0.3, -0.25) is 0 Å². The van der Waals surface area contributed by atoms with Crippen LogP contribution in [-0.2, 0) is 0 Å². The lowest BCUT2D eigenvalue weighted by molar-refractivity contribution is 1.17. The van der Waals surface area contributed by atoms with Crippen LogP contribution in [0.4, 0.5) is 0 Å². The monoisotopic (exact) mass is 516 g/mol. The topological polar surface area (TPSA) is 20.7 Å². The number of nitrogens with zero attached hydrogens (tertiary/aromatic N) is 1. The van der Waals surface area contributed by atoms with Gasteiger partial charge in [0, 0.05) is 58.3 Å². The fraction of sp³-hybridized carbons (Fsp3) is 0.0556. The molecule has 6 aromatic carbocycles. The highest BCUT2D eigenvalue weighted by atomic mass is 32.1. The molecule has 0 aliphatic heterocycles. The second-order valence-corrected chi connectivity index (χ2v) is 11.9. The molecule has 3 heteroatoms. The number of benzene rings is 6. The first kappa shape index (κ1) is 21.3. The van der Waals surface area contributed by atoms with Gasteiger partial charge in [0.1, 0.15) is 0 Å². The molecule has 2 nitrogen and oxygen atoms in total. The largest absolute Gasteiger partial charge is 0.354 e. The zero-order chi connectivity index (χ0) is 25.8. The molecule has 0 unspecified atom stereocenters. The van der Waals surface area contributed by atoms with Gasteiger partial charge in [-0.15, -0.1) is 11.3 Å². The van der Waals surface area contributed by atoms with Crippen molar-refractivity contribution < 1.29 is 0 Å². The molecular formula is C36H24N2S. The maximum Gasteiger partial charge on any atom is 0.0619 e. The zero-order valence-electron chi connectivity index (χ0n) is 21.7. The first-order valence-electron chi connectivity index (χ1n) is 13.4. The zero-order valence-corrected chi connectivity index (χ0v) is 22.5. The van der Waals surface area contributed by atoms with Crippen molar-refractivity contribution in [3.8, 4) is 5.69 Å². The van der Waals surface area contributed by atoms with E-state index in [4.69, 9.17) is 0 Å². The molecule has 0 atom stereocenters. The van der Waals surface area contributed by atoms with Crippen molar-refractivity contribution in [2.75, 3.05) is 0 Å². The summed E-state index contributed by atoms with van der Waals surface area (Å²) in [6.07, 6.45) is 0. The molecule has 1 N–H and O–H groups in total. The van der Waals surface area contributed by atoms with Crippen LogP contribution in [0.2, 0.25) is 0 Å². The quantitative estimate of drug-likeness (QED) is 0.224. The van der Waals surface area contributed by atoms with E-state index in [1.807, 2.05) is 11.3 Å². The molecule has 9 aromatic rings. The number of aromatic amines is 1. The molecule has 3 heterocycles. The smallest absolute Gasteiger partial charge is 0.0619 e. The highest BCUT2D eigenvalue weighted by molar-refractivity contribution is 7.26. The fourth-order valence-corrected chi connectivity index (χ4v) is 7.93. The standard InChI is InChI=1S/C36H24N2S/c1-20-15-21(2)17-23(16-20)38-31-19-33-29(18-28(31)27-12-11-22-7-3-4-8-24(22)36(27)38)34-32(39-33)14-13-26-25-9-5-6-10-30(25)37-35(26)34/h3-19,37H,1-2H3. The lowest BCUT2D eigenvalue weighted by Gasteiger charge is -2.12. The van der Waals surface area contributed by atoms with E-state index in [-0.39, 0.29) is 0 Å². The van der Waals surface area contributed by atoms with Crippen LogP contribution < -0.4 is 0 Å². The lowest BCUT2D eigenvalue weighted by atomic mass is 10.0. The van der Waals surface area contributed by atoms with Crippen molar-refractivity contribution in [1.82, 2.24) is 9.55 Å². The van der Waals surface area contributed by atoms with Crippen molar-refractivity contribution in [2.45, 2.75) is 13.8 Å². The summed E-state index contributed by atoms with van der Waals surface area (Å²) in [5, 5.41) is 10.4. The Hall–Kier alpha value is -4.60. The Kier molecular flexibility index (Phi) is 4.10. The van der Waals surface area contributed by atoms with Crippen LogP contribution >= 0.6 is 11.3 Å². The molecule has 0 saturated heterocycles. The van der Waals surface area contributed by atoms with Gasteiger partial charge in [-0.05, 0) is 66.8 Å². The van der Waals surface area contributed by atoms with Crippen LogP contribution in [0.15, 0.2) is 103 Å². The molecular weight excluding hydrogens is 492 g/mol. The number of hydrogen-bond acceptors (Lipinski definition) is 1. The van der Waals surface area contributed by atoms with Gasteiger partial charge in [0.2, 0.25) is 0 Å². The van der Waals surface area contributed by atoms with Gasteiger partial charge in [-0.1, -0.05) is 66.7 Å². The number of aryl methyl sites for hydroxylation is 2.